The first-order valence-corrected chi connectivity index (χ1v) is 17.2. The van der Waals surface area contributed by atoms with Crippen molar-refractivity contribution in [3.8, 4) is 10.6 Å². The molecule has 0 spiro atoms. The molecule has 0 aliphatic rings. The first-order chi connectivity index (χ1) is 24.5. The standard InChI is InChI=1S/C16H13ClF3N5OS.C16H13ClN4O3S/c1-8-12(27-15-22-21-14(24(15)3)16(18,19)20)9(2)25(23-8)13(26)10-4-6-11(17)7-5-10;1-8-12(16(23)24-3)13(14-9(2)18-20-25-14)21(19-8)15(22)10-4-6-11(17)7-5-10/h4-7H,1-3H3;4-7H,1-3H3. The minimum atomic E-state index is -4.60. The van der Waals surface area contributed by atoms with Gasteiger partial charge in [0.25, 0.3) is 11.8 Å². The first kappa shape index (κ1) is 38.3. The van der Waals surface area contributed by atoms with E-state index in [0.29, 0.717) is 59.4 Å². The van der Waals surface area contributed by atoms with E-state index in [1.54, 1.807) is 76.2 Å². The van der Waals surface area contributed by atoms with Crippen LogP contribution in [0.1, 0.15) is 59.7 Å². The molecule has 0 amide bonds. The first-order valence-electron chi connectivity index (χ1n) is 14.8. The van der Waals surface area contributed by atoms with Crippen LogP contribution in [0.15, 0.2) is 58.6 Å². The summed E-state index contributed by atoms with van der Waals surface area (Å²) in [6, 6.07) is 12.8. The molecule has 0 aliphatic heterocycles. The van der Waals surface area contributed by atoms with Gasteiger partial charge in [0, 0.05) is 28.2 Å². The van der Waals surface area contributed by atoms with Gasteiger partial charge in [-0.25, -0.2) is 4.79 Å². The number of nitrogens with zero attached hydrogens (tertiary/aromatic N) is 9. The molecule has 0 unspecified atom stereocenters. The lowest BCUT2D eigenvalue weighted by atomic mass is 10.1. The number of carbonyl (C=O) groups is 3. The van der Waals surface area contributed by atoms with E-state index in [2.05, 4.69) is 30.0 Å². The van der Waals surface area contributed by atoms with Crippen LogP contribution in [-0.4, -0.2) is 68.8 Å². The third-order valence-corrected chi connectivity index (χ3v) is 10.1. The molecule has 6 aromatic rings. The molecule has 2 aromatic carbocycles. The van der Waals surface area contributed by atoms with Crippen molar-refractivity contribution in [1.29, 1.82) is 0 Å². The number of benzene rings is 2. The summed E-state index contributed by atoms with van der Waals surface area (Å²) in [6.45, 7) is 6.73. The van der Waals surface area contributed by atoms with Crippen molar-refractivity contribution in [2.75, 3.05) is 7.11 Å². The van der Waals surface area contributed by atoms with Gasteiger partial charge < -0.3 is 9.30 Å². The highest BCUT2D eigenvalue weighted by Gasteiger charge is 2.38. The van der Waals surface area contributed by atoms with Crippen molar-refractivity contribution in [2.24, 2.45) is 7.05 Å². The normalized spacial score (nSPS) is 11.3. The van der Waals surface area contributed by atoms with Crippen LogP contribution in [0.2, 0.25) is 10.0 Å². The molecule has 20 heteroatoms. The summed E-state index contributed by atoms with van der Waals surface area (Å²) in [7, 11) is 2.51. The zero-order chi connectivity index (χ0) is 38.1. The predicted molar refractivity (Wildman–Crippen MR) is 186 cm³/mol. The minimum absolute atomic E-state index is 0.0482. The minimum Gasteiger partial charge on any atom is -0.465 e. The lowest BCUT2D eigenvalue weighted by Crippen LogP contribution is -2.16. The van der Waals surface area contributed by atoms with Crippen molar-refractivity contribution < 1.29 is 32.3 Å². The van der Waals surface area contributed by atoms with Crippen LogP contribution in [0.4, 0.5) is 13.2 Å². The second-order valence-electron chi connectivity index (χ2n) is 10.9. The maximum atomic E-state index is 12.9. The topological polar surface area (TPSA) is 153 Å². The number of rotatable bonds is 6. The van der Waals surface area contributed by atoms with Crippen LogP contribution in [0.3, 0.4) is 0 Å². The summed E-state index contributed by atoms with van der Waals surface area (Å²) in [4.78, 5) is 39.0. The van der Waals surface area contributed by atoms with Gasteiger partial charge in [-0.3, -0.25) is 9.59 Å². The van der Waals surface area contributed by atoms with E-state index in [9.17, 15) is 27.6 Å². The number of carbonyl (C=O) groups excluding carboxylic acids is 3. The van der Waals surface area contributed by atoms with E-state index in [1.165, 1.54) is 23.5 Å². The molecular weight excluding hydrogens is 766 g/mol. The van der Waals surface area contributed by atoms with Gasteiger partial charge in [0.1, 0.15) is 11.3 Å². The second-order valence-corrected chi connectivity index (χ2v) is 13.5. The van der Waals surface area contributed by atoms with E-state index in [-0.39, 0.29) is 16.6 Å². The maximum absolute atomic E-state index is 12.9. The molecule has 0 atom stereocenters. The number of hydrogen-bond acceptors (Lipinski definition) is 12. The molecule has 6 rings (SSSR count). The number of aromatic nitrogens is 9. The van der Waals surface area contributed by atoms with Crippen molar-refractivity contribution in [1.82, 2.24) is 43.9 Å². The van der Waals surface area contributed by atoms with Gasteiger partial charge in [-0.2, -0.15) is 32.7 Å². The number of ether oxygens (including phenoxy) is 1. The molecule has 0 fully saturated rings. The van der Waals surface area contributed by atoms with Crippen LogP contribution >= 0.6 is 46.5 Å². The number of alkyl halides is 3. The Bertz CT molecular complexity index is 2300. The molecule has 0 bridgehead atoms. The summed E-state index contributed by atoms with van der Waals surface area (Å²) < 4.78 is 50.6. The molecule has 0 aliphatic carbocycles. The van der Waals surface area contributed by atoms with Crippen molar-refractivity contribution in [3.63, 3.8) is 0 Å². The molecule has 13 nitrogen and oxygen atoms in total. The summed E-state index contributed by atoms with van der Waals surface area (Å²) in [5.74, 6) is -2.42. The Labute approximate surface area is 311 Å². The summed E-state index contributed by atoms with van der Waals surface area (Å²) in [5, 5.41) is 20.3. The quantitative estimate of drug-likeness (QED) is 0.156. The van der Waals surface area contributed by atoms with Crippen LogP contribution in [0.5, 0.6) is 0 Å². The van der Waals surface area contributed by atoms with Crippen molar-refractivity contribution >= 4 is 64.3 Å². The summed E-state index contributed by atoms with van der Waals surface area (Å²) in [6.07, 6.45) is -4.60. The summed E-state index contributed by atoms with van der Waals surface area (Å²) in [5.41, 5.74) is 3.30. The van der Waals surface area contributed by atoms with E-state index < -0.39 is 23.9 Å². The zero-order valence-corrected chi connectivity index (χ0v) is 31.1. The number of aryl methyl sites for hydroxylation is 3. The summed E-state index contributed by atoms with van der Waals surface area (Å²) >= 11 is 13.8. The van der Waals surface area contributed by atoms with Crippen molar-refractivity contribution in [3.05, 3.63) is 104 Å². The Morgan fingerprint density at radius 2 is 1.33 bits per heavy atom. The average Bonchev–Trinajstić information content (AvgIpc) is 3.86. The Hall–Kier alpha value is -4.91. The number of hydrogen-bond donors (Lipinski definition) is 0. The maximum Gasteiger partial charge on any atom is 0.451 e. The van der Waals surface area contributed by atoms with E-state index >= 15 is 0 Å². The molecule has 0 N–H and O–H groups in total. The Morgan fingerprint density at radius 3 is 1.81 bits per heavy atom. The van der Waals surface area contributed by atoms with E-state index in [0.717, 1.165) is 27.9 Å². The largest absolute Gasteiger partial charge is 0.465 e. The Balaban J connectivity index is 0.000000202. The fourth-order valence-corrected chi connectivity index (χ4v) is 6.68. The smallest absolute Gasteiger partial charge is 0.451 e. The van der Waals surface area contributed by atoms with E-state index in [4.69, 9.17) is 27.9 Å². The molecule has 0 saturated heterocycles. The average molecular weight is 793 g/mol. The van der Waals surface area contributed by atoms with Crippen LogP contribution in [0.25, 0.3) is 10.6 Å². The van der Waals surface area contributed by atoms with Gasteiger partial charge in [-0.1, -0.05) is 27.7 Å². The van der Waals surface area contributed by atoms with Gasteiger partial charge in [0.15, 0.2) is 5.16 Å². The molecular formula is C32H26Cl2F3N9O4S2. The third kappa shape index (κ3) is 7.79. The molecule has 4 aromatic heterocycles. The monoisotopic (exact) mass is 791 g/mol. The highest BCUT2D eigenvalue weighted by atomic mass is 35.5. The zero-order valence-electron chi connectivity index (χ0n) is 28.0. The van der Waals surface area contributed by atoms with Crippen molar-refractivity contribution in [2.45, 2.75) is 43.9 Å². The van der Waals surface area contributed by atoms with Gasteiger partial charge in [0.05, 0.1) is 39.7 Å². The molecule has 270 valence electrons. The lowest BCUT2D eigenvalue weighted by Gasteiger charge is -2.07. The number of methoxy groups -OCH3 is 1. The highest BCUT2D eigenvalue weighted by Crippen LogP contribution is 2.35. The SMILES string of the molecule is COC(=O)c1c(C)nn(C(=O)c2ccc(Cl)cc2)c1-c1snnc1C.Cc1nn(C(=O)c2ccc(Cl)cc2)c(C)c1Sc1nnc(C(F)(F)F)n1C. The molecule has 0 radical (unpaired) electrons. The number of esters is 1. The van der Waals surface area contributed by atoms with Gasteiger partial charge in [-0.05, 0) is 99.5 Å². The predicted octanol–water partition coefficient (Wildman–Crippen LogP) is 7.29. The molecule has 4 heterocycles. The third-order valence-electron chi connectivity index (χ3n) is 7.39. The Kier molecular flexibility index (Phi) is 11.3. The Morgan fingerprint density at radius 1 is 0.788 bits per heavy atom. The molecule has 0 saturated carbocycles. The fourth-order valence-electron chi connectivity index (χ4n) is 4.82. The number of halogens is 5. The van der Waals surface area contributed by atoms with E-state index in [1.807, 2.05) is 0 Å². The fraction of sp³-hybridized carbons (Fsp3) is 0.219. The van der Waals surface area contributed by atoms with Crippen LogP contribution < -0.4 is 0 Å². The lowest BCUT2D eigenvalue weighted by molar-refractivity contribution is -0.147. The van der Waals surface area contributed by atoms with Gasteiger partial charge in [0.2, 0.25) is 5.82 Å². The van der Waals surface area contributed by atoms with Gasteiger partial charge in [-0.15, -0.1) is 15.3 Å². The highest BCUT2D eigenvalue weighted by molar-refractivity contribution is 7.99. The van der Waals surface area contributed by atoms with Crippen LogP contribution in [0, 0.1) is 27.7 Å². The molecule has 52 heavy (non-hydrogen) atoms. The van der Waals surface area contributed by atoms with Gasteiger partial charge >= 0.3 is 12.1 Å². The van der Waals surface area contributed by atoms with Crippen LogP contribution in [-0.2, 0) is 18.0 Å². The second kappa shape index (κ2) is 15.4.